The average Bonchev–Trinajstić information content (AvgIpc) is 3.07. The predicted octanol–water partition coefficient (Wildman–Crippen LogP) is 4.04. The quantitative estimate of drug-likeness (QED) is 0.772. The molecule has 0 aliphatic carbocycles. The van der Waals surface area contributed by atoms with Crippen molar-refractivity contribution in [2.75, 3.05) is 26.2 Å². The van der Waals surface area contributed by atoms with E-state index in [2.05, 4.69) is 10.2 Å². The second-order valence-electron chi connectivity index (χ2n) is 6.97. The lowest BCUT2D eigenvalue weighted by Gasteiger charge is -2.33. The van der Waals surface area contributed by atoms with Crippen molar-refractivity contribution in [1.29, 1.82) is 0 Å². The van der Waals surface area contributed by atoms with E-state index in [9.17, 15) is 4.79 Å². The number of carbonyl (C=O) groups excluding carboxylic acids is 1. The van der Waals surface area contributed by atoms with Crippen LogP contribution in [0.3, 0.4) is 0 Å². The van der Waals surface area contributed by atoms with Gasteiger partial charge in [-0.3, -0.25) is 9.69 Å². The van der Waals surface area contributed by atoms with Gasteiger partial charge in [0.05, 0.1) is 6.04 Å². The van der Waals surface area contributed by atoms with Crippen LogP contribution in [0.1, 0.15) is 42.4 Å². The minimum absolute atomic E-state index is 0. The zero-order valence-electron chi connectivity index (χ0n) is 16.1. The molecule has 1 saturated heterocycles. The van der Waals surface area contributed by atoms with E-state index in [1.54, 1.807) is 0 Å². The van der Waals surface area contributed by atoms with Gasteiger partial charge >= 0.3 is 0 Å². The van der Waals surface area contributed by atoms with Gasteiger partial charge in [-0.15, -0.1) is 12.4 Å². The SMILES string of the molecule is Cc1cccc(OCC(=O)NCC(c2ccc(C)o2)N2CCCCC2)c1.Cl. The monoisotopic (exact) mass is 392 g/mol. The molecule has 1 aromatic carbocycles. The van der Waals surface area contributed by atoms with Crippen LogP contribution in [-0.4, -0.2) is 37.0 Å². The minimum atomic E-state index is -0.114. The summed E-state index contributed by atoms with van der Waals surface area (Å²) in [5.74, 6) is 2.42. The number of furan rings is 1. The van der Waals surface area contributed by atoms with Gasteiger partial charge < -0.3 is 14.5 Å². The molecule has 5 nitrogen and oxygen atoms in total. The maximum Gasteiger partial charge on any atom is 0.258 e. The van der Waals surface area contributed by atoms with Crippen LogP contribution in [0.2, 0.25) is 0 Å². The Kier molecular flexibility index (Phi) is 8.20. The molecular weight excluding hydrogens is 364 g/mol. The Balaban J connectivity index is 0.00000261. The number of rotatable bonds is 7. The molecule has 1 fully saturated rings. The van der Waals surface area contributed by atoms with Crippen LogP contribution in [-0.2, 0) is 4.79 Å². The maximum atomic E-state index is 12.2. The third-order valence-corrected chi connectivity index (χ3v) is 4.77. The van der Waals surface area contributed by atoms with E-state index in [4.69, 9.17) is 9.15 Å². The Bertz CT molecular complexity index is 726. The highest BCUT2D eigenvalue weighted by Gasteiger charge is 2.25. The molecule has 2 heterocycles. The van der Waals surface area contributed by atoms with Crippen LogP contribution in [0.15, 0.2) is 40.8 Å². The molecule has 148 valence electrons. The first-order valence-corrected chi connectivity index (χ1v) is 9.38. The van der Waals surface area contributed by atoms with E-state index in [0.717, 1.165) is 35.9 Å². The lowest BCUT2D eigenvalue weighted by molar-refractivity contribution is -0.123. The van der Waals surface area contributed by atoms with Crippen LogP contribution in [0.25, 0.3) is 0 Å². The minimum Gasteiger partial charge on any atom is -0.484 e. The maximum absolute atomic E-state index is 12.2. The van der Waals surface area contributed by atoms with Crippen LogP contribution < -0.4 is 10.1 Å². The second-order valence-corrected chi connectivity index (χ2v) is 6.97. The lowest BCUT2D eigenvalue weighted by atomic mass is 10.1. The highest BCUT2D eigenvalue weighted by Crippen LogP contribution is 2.25. The number of halogens is 1. The summed E-state index contributed by atoms with van der Waals surface area (Å²) in [6, 6.07) is 11.8. The predicted molar refractivity (Wildman–Crippen MR) is 109 cm³/mol. The molecule has 27 heavy (non-hydrogen) atoms. The van der Waals surface area contributed by atoms with Crippen molar-refractivity contribution < 1.29 is 13.9 Å². The third kappa shape index (κ3) is 6.29. The van der Waals surface area contributed by atoms with Crippen LogP contribution in [0, 0.1) is 13.8 Å². The van der Waals surface area contributed by atoms with Crippen molar-refractivity contribution in [3.05, 3.63) is 53.5 Å². The van der Waals surface area contributed by atoms with E-state index in [0.29, 0.717) is 6.54 Å². The first kappa shape index (κ1) is 21.3. The van der Waals surface area contributed by atoms with Crippen molar-refractivity contribution in [3.63, 3.8) is 0 Å². The van der Waals surface area contributed by atoms with Gasteiger partial charge in [0.15, 0.2) is 6.61 Å². The molecule has 1 aromatic heterocycles. The zero-order valence-corrected chi connectivity index (χ0v) is 16.9. The highest BCUT2D eigenvalue weighted by molar-refractivity contribution is 5.85. The summed E-state index contributed by atoms with van der Waals surface area (Å²) >= 11 is 0. The molecule has 2 aromatic rings. The third-order valence-electron chi connectivity index (χ3n) is 4.77. The Morgan fingerprint density at radius 2 is 1.96 bits per heavy atom. The first-order valence-electron chi connectivity index (χ1n) is 9.38. The van der Waals surface area contributed by atoms with Gasteiger partial charge in [0.2, 0.25) is 0 Å². The molecule has 6 heteroatoms. The number of hydrogen-bond donors (Lipinski definition) is 1. The second kappa shape index (κ2) is 10.4. The molecule has 3 rings (SSSR count). The van der Waals surface area contributed by atoms with Crippen molar-refractivity contribution in [1.82, 2.24) is 10.2 Å². The van der Waals surface area contributed by atoms with Crippen molar-refractivity contribution in [2.45, 2.75) is 39.2 Å². The van der Waals surface area contributed by atoms with E-state index >= 15 is 0 Å². The number of amides is 1. The molecule has 1 aliphatic heterocycles. The molecule has 0 bridgehead atoms. The first-order chi connectivity index (χ1) is 12.6. The summed E-state index contributed by atoms with van der Waals surface area (Å²) in [7, 11) is 0. The van der Waals surface area contributed by atoms with Crippen LogP contribution in [0.4, 0.5) is 0 Å². The van der Waals surface area contributed by atoms with Gasteiger partial charge in [0, 0.05) is 6.54 Å². The largest absolute Gasteiger partial charge is 0.484 e. The number of likely N-dealkylation sites (tertiary alicyclic amines) is 1. The molecule has 1 aliphatic rings. The fourth-order valence-corrected chi connectivity index (χ4v) is 3.39. The van der Waals surface area contributed by atoms with Gasteiger partial charge in [-0.25, -0.2) is 0 Å². The van der Waals surface area contributed by atoms with Crippen molar-refractivity contribution >= 4 is 18.3 Å². The van der Waals surface area contributed by atoms with Crippen molar-refractivity contribution in [2.24, 2.45) is 0 Å². The molecule has 1 N–H and O–H groups in total. The summed E-state index contributed by atoms with van der Waals surface area (Å²) < 4.78 is 11.4. The summed E-state index contributed by atoms with van der Waals surface area (Å²) in [6.45, 7) is 6.59. The van der Waals surface area contributed by atoms with E-state index in [1.165, 1.54) is 19.3 Å². The van der Waals surface area contributed by atoms with Gasteiger partial charge in [0.1, 0.15) is 17.3 Å². The van der Waals surface area contributed by atoms with E-state index in [-0.39, 0.29) is 31.0 Å². The Morgan fingerprint density at radius 3 is 2.63 bits per heavy atom. The Morgan fingerprint density at radius 1 is 1.19 bits per heavy atom. The highest BCUT2D eigenvalue weighted by atomic mass is 35.5. The summed E-state index contributed by atoms with van der Waals surface area (Å²) in [5, 5.41) is 3.01. The number of carbonyl (C=O) groups is 1. The van der Waals surface area contributed by atoms with Gasteiger partial charge in [-0.05, 0) is 69.6 Å². The molecule has 1 amide bonds. The molecule has 0 radical (unpaired) electrons. The topological polar surface area (TPSA) is 54.7 Å². The Hall–Kier alpha value is -1.98. The number of aryl methyl sites for hydroxylation is 2. The standard InChI is InChI=1S/C21H28N2O3.ClH/c1-16-7-6-8-18(13-16)25-15-21(24)22-14-19(20-10-9-17(2)26-20)23-11-4-3-5-12-23;/h6-10,13,19H,3-5,11-12,14-15H2,1-2H3,(H,22,24);1H. The fourth-order valence-electron chi connectivity index (χ4n) is 3.39. The van der Waals surface area contributed by atoms with Crippen LogP contribution >= 0.6 is 12.4 Å². The number of nitrogens with one attached hydrogen (secondary N) is 1. The number of hydrogen-bond acceptors (Lipinski definition) is 4. The smallest absolute Gasteiger partial charge is 0.258 e. The van der Waals surface area contributed by atoms with E-state index < -0.39 is 0 Å². The number of nitrogens with zero attached hydrogens (tertiary/aromatic N) is 1. The average molecular weight is 393 g/mol. The number of piperidine rings is 1. The normalized spacial score (nSPS) is 15.6. The molecule has 1 unspecified atom stereocenters. The van der Waals surface area contributed by atoms with Gasteiger partial charge in [0.25, 0.3) is 5.91 Å². The molecule has 0 spiro atoms. The summed E-state index contributed by atoms with van der Waals surface area (Å²) in [6.07, 6.45) is 3.66. The van der Waals surface area contributed by atoms with E-state index in [1.807, 2.05) is 50.2 Å². The Labute approximate surface area is 167 Å². The summed E-state index contributed by atoms with van der Waals surface area (Å²) in [4.78, 5) is 14.6. The lowest BCUT2D eigenvalue weighted by Crippen LogP contribution is -2.41. The van der Waals surface area contributed by atoms with Crippen molar-refractivity contribution in [3.8, 4) is 5.75 Å². The molecular formula is C21H29ClN2O3. The number of ether oxygens (including phenoxy) is 1. The number of benzene rings is 1. The molecule has 0 saturated carbocycles. The van der Waals surface area contributed by atoms with Crippen LogP contribution in [0.5, 0.6) is 5.75 Å². The fraction of sp³-hybridized carbons (Fsp3) is 0.476. The van der Waals surface area contributed by atoms with Gasteiger partial charge in [-0.1, -0.05) is 18.6 Å². The molecule has 1 atom stereocenters. The summed E-state index contributed by atoms with van der Waals surface area (Å²) in [5.41, 5.74) is 1.11. The zero-order chi connectivity index (χ0) is 18.4. The van der Waals surface area contributed by atoms with Gasteiger partial charge in [-0.2, -0.15) is 0 Å².